The summed E-state index contributed by atoms with van der Waals surface area (Å²) in [6.45, 7) is 7.68. The van der Waals surface area contributed by atoms with E-state index in [9.17, 15) is 0 Å². The molecule has 1 N–H and O–H groups in total. The third-order valence-corrected chi connectivity index (χ3v) is 2.72. The summed E-state index contributed by atoms with van der Waals surface area (Å²) in [5.41, 5.74) is 0. The highest BCUT2D eigenvalue weighted by atomic mass is 32.1. The topological polar surface area (TPSA) is 27.7 Å². The lowest BCUT2D eigenvalue weighted by atomic mass is 10.3. The third-order valence-electron chi connectivity index (χ3n) is 2.35. The molecule has 0 saturated carbocycles. The van der Waals surface area contributed by atoms with E-state index in [0.717, 1.165) is 24.7 Å². The zero-order valence-electron chi connectivity index (χ0n) is 11.1. The number of methoxy groups -OCH3 is 1. The lowest BCUT2D eigenvalue weighted by molar-refractivity contribution is 0.201. The van der Waals surface area contributed by atoms with E-state index in [0.29, 0.717) is 12.6 Å². The number of nitrogens with zero attached hydrogens (tertiary/aromatic N) is 2. The monoisotopic (exact) mass is 247 g/mol. The van der Waals surface area contributed by atoms with E-state index in [1.165, 1.54) is 0 Å². The van der Waals surface area contributed by atoms with E-state index >= 15 is 0 Å². The van der Waals surface area contributed by atoms with Gasteiger partial charge in [0.05, 0.1) is 6.61 Å². The predicted octanol–water partition coefficient (Wildman–Crippen LogP) is 0.779. The van der Waals surface area contributed by atoms with Gasteiger partial charge in [-0.2, -0.15) is 0 Å². The molecule has 0 aliphatic heterocycles. The van der Waals surface area contributed by atoms with Crippen LogP contribution in [0.4, 0.5) is 0 Å². The summed E-state index contributed by atoms with van der Waals surface area (Å²) in [5, 5.41) is 4.02. The molecule has 0 saturated heterocycles. The SMILES string of the molecule is CCN(C(=S)NCCOC)C(C)CN(C)C. The minimum Gasteiger partial charge on any atom is -0.383 e. The lowest BCUT2D eigenvalue weighted by Gasteiger charge is -2.32. The van der Waals surface area contributed by atoms with Crippen molar-refractivity contribution in [2.45, 2.75) is 19.9 Å². The Hall–Kier alpha value is -0.390. The largest absolute Gasteiger partial charge is 0.383 e. The first-order valence-electron chi connectivity index (χ1n) is 5.71. The fraction of sp³-hybridized carbons (Fsp3) is 0.909. The van der Waals surface area contributed by atoms with E-state index in [4.69, 9.17) is 17.0 Å². The molecule has 5 heteroatoms. The summed E-state index contributed by atoms with van der Waals surface area (Å²) in [5.74, 6) is 0. The number of hydrogen-bond acceptors (Lipinski definition) is 3. The molecule has 0 rings (SSSR count). The van der Waals surface area contributed by atoms with Gasteiger partial charge in [-0.1, -0.05) is 0 Å². The number of thiocarbonyl (C=S) groups is 1. The van der Waals surface area contributed by atoms with Crippen molar-refractivity contribution in [3.63, 3.8) is 0 Å². The van der Waals surface area contributed by atoms with Crippen molar-refractivity contribution in [2.24, 2.45) is 0 Å². The highest BCUT2D eigenvalue weighted by Crippen LogP contribution is 2.00. The van der Waals surface area contributed by atoms with Crippen molar-refractivity contribution < 1.29 is 4.74 Å². The second-order valence-corrected chi connectivity index (χ2v) is 4.51. The molecule has 0 fully saturated rings. The van der Waals surface area contributed by atoms with Crippen molar-refractivity contribution in [1.29, 1.82) is 0 Å². The highest BCUT2D eigenvalue weighted by molar-refractivity contribution is 7.80. The van der Waals surface area contributed by atoms with Crippen LogP contribution in [0, 0.1) is 0 Å². The van der Waals surface area contributed by atoms with Crippen molar-refractivity contribution in [3.8, 4) is 0 Å². The molecular formula is C11H25N3OS. The van der Waals surface area contributed by atoms with Gasteiger partial charge in [-0.3, -0.25) is 0 Å². The summed E-state index contributed by atoms with van der Waals surface area (Å²) in [6, 6.07) is 0.419. The van der Waals surface area contributed by atoms with E-state index in [1.807, 2.05) is 0 Å². The van der Waals surface area contributed by atoms with Crippen LogP contribution in [0.25, 0.3) is 0 Å². The molecule has 1 atom stereocenters. The molecule has 0 bridgehead atoms. The second-order valence-electron chi connectivity index (χ2n) is 4.12. The average molecular weight is 247 g/mol. The molecular weight excluding hydrogens is 222 g/mol. The second kappa shape index (κ2) is 8.73. The Labute approximate surface area is 105 Å². The maximum absolute atomic E-state index is 5.36. The van der Waals surface area contributed by atoms with Crippen LogP contribution in [0.15, 0.2) is 0 Å². The molecule has 1 unspecified atom stereocenters. The van der Waals surface area contributed by atoms with Gasteiger partial charge in [-0.15, -0.1) is 0 Å². The van der Waals surface area contributed by atoms with Crippen LogP contribution in [0.2, 0.25) is 0 Å². The summed E-state index contributed by atoms with van der Waals surface area (Å²) < 4.78 is 4.98. The molecule has 0 radical (unpaired) electrons. The zero-order valence-corrected chi connectivity index (χ0v) is 11.9. The highest BCUT2D eigenvalue weighted by Gasteiger charge is 2.15. The Kier molecular flexibility index (Phi) is 8.51. The van der Waals surface area contributed by atoms with Crippen LogP contribution in [0.3, 0.4) is 0 Å². The molecule has 4 nitrogen and oxygen atoms in total. The summed E-state index contributed by atoms with van der Waals surface area (Å²) in [6.07, 6.45) is 0. The quantitative estimate of drug-likeness (QED) is 0.530. The fourth-order valence-electron chi connectivity index (χ4n) is 1.64. The maximum Gasteiger partial charge on any atom is 0.169 e. The zero-order chi connectivity index (χ0) is 12.6. The van der Waals surface area contributed by atoms with Crippen LogP contribution in [0.1, 0.15) is 13.8 Å². The van der Waals surface area contributed by atoms with Crippen LogP contribution < -0.4 is 5.32 Å². The number of ether oxygens (including phenoxy) is 1. The average Bonchev–Trinajstić information content (AvgIpc) is 2.18. The van der Waals surface area contributed by atoms with E-state index in [-0.39, 0.29) is 0 Å². The van der Waals surface area contributed by atoms with Gasteiger partial charge in [0, 0.05) is 32.8 Å². The van der Waals surface area contributed by atoms with Gasteiger partial charge in [-0.05, 0) is 40.2 Å². The lowest BCUT2D eigenvalue weighted by Crippen LogP contribution is -2.48. The number of nitrogens with one attached hydrogen (secondary N) is 1. The molecule has 0 amide bonds. The Morgan fingerprint density at radius 1 is 1.44 bits per heavy atom. The van der Waals surface area contributed by atoms with Crippen LogP contribution in [-0.4, -0.2) is 68.4 Å². The molecule has 0 heterocycles. The first-order valence-corrected chi connectivity index (χ1v) is 6.11. The van der Waals surface area contributed by atoms with Crippen molar-refractivity contribution in [1.82, 2.24) is 15.1 Å². The molecule has 0 aromatic carbocycles. The van der Waals surface area contributed by atoms with Crippen molar-refractivity contribution in [3.05, 3.63) is 0 Å². The summed E-state index contributed by atoms with van der Waals surface area (Å²) in [7, 11) is 5.84. The number of likely N-dealkylation sites (N-methyl/N-ethyl adjacent to an activating group) is 2. The van der Waals surface area contributed by atoms with Gasteiger partial charge < -0.3 is 19.9 Å². The van der Waals surface area contributed by atoms with Gasteiger partial charge in [-0.25, -0.2) is 0 Å². The summed E-state index contributed by atoms with van der Waals surface area (Å²) in [4.78, 5) is 4.37. The Morgan fingerprint density at radius 3 is 2.50 bits per heavy atom. The molecule has 96 valence electrons. The molecule has 16 heavy (non-hydrogen) atoms. The minimum atomic E-state index is 0.419. The number of hydrogen-bond donors (Lipinski definition) is 1. The third kappa shape index (κ3) is 6.25. The van der Waals surface area contributed by atoms with Crippen LogP contribution in [0.5, 0.6) is 0 Å². The van der Waals surface area contributed by atoms with E-state index < -0.39 is 0 Å². The Balaban J connectivity index is 4.09. The van der Waals surface area contributed by atoms with Gasteiger partial charge in [0.2, 0.25) is 0 Å². The Bertz CT molecular complexity index is 200. The smallest absolute Gasteiger partial charge is 0.169 e. The molecule has 0 aliphatic carbocycles. The number of rotatable bonds is 7. The molecule has 0 aromatic rings. The molecule has 0 aromatic heterocycles. The predicted molar refractivity (Wildman–Crippen MR) is 72.9 cm³/mol. The molecule has 0 spiro atoms. The van der Waals surface area contributed by atoms with Crippen molar-refractivity contribution in [2.75, 3.05) is 47.4 Å². The minimum absolute atomic E-state index is 0.419. The van der Waals surface area contributed by atoms with Gasteiger partial charge in [0.1, 0.15) is 0 Å². The van der Waals surface area contributed by atoms with E-state index in [1.54, 1.807) is 7.11 Å². The standard InChI is InChI=1S/C11H25N3OS/c1-6-14(10(2)9-13(3)4)11(16)12-7-8-15-5/h10H,6-9H2,1-5H3,(H,12,16). The maximum atomic E-state index is 5.36. The Morgan fingerprint density at radius 2 is 2.06 bits per heavy atom. The van der Waals surface area contributed by atoms with Gasteiger partial charge >= 0.3 is 0 Å². The molecule has 0 aliphatic rings. The summed E-state index contributed by atoms with van der Waals surface area (Å²) >= 11 is 5.36. The van der Waals surface area contributed by atoms with Crippen molar-refractivity contribution >= 4 is 17.3 Å². The first-order chi connectivity index (χ1) is 7.52. The first kappa shape index (κ1) is 15.6. The fourth-order valence-corrected chi connectivity index (χ4v) is 2.06. The van der Waals surface area contributed by atoms with Gasteiger partial charge in [0.15, 0.2) is 5.11 Å². The van der Waals surface area contributed by atoms with E-state index in [2.05, 4.69) is 43.1 Å². The normalized spacial score (nSPS) is 12.6. The van der Waals surface area contributed by atoms with Gasteiger partial charge in [0.25, 0.3) is 0 Å². The van der Waals surface area contributed by atoms with Crippen LogP contribution in [-0.2, 0) is 4.74 Å². The van der Waals surface area contributed by atoms with Crippen LogP contribution >= 0.6 is 12.2 Å².